The predicted molar refractivity (Wildman–Crippen MR) is 35.3 cm³/mol. The van der Waals surface area contributed by atoms with Crippen LogP contribution in [0.5, 0.6) is 0 Å². The summed E-state index contributed by atoms with van der Waals surface area (Å²) in [5.41, 5.74) is 0. The maximum absolute atomic E-state index is 5.55. The van der Waals surface area contributed by atoms with E-state index in [0.29, 0.717) is 10.0 Å². The second-order valence-electron chi connectivity index (χ2n) is 1.33. The minimum atomic E-state index is 0. The van der Waals surface area contributed by atoms with Crippen LogP contribution in [0.15, 0.2) is 18.2 Å². The topological polar surface area (TPSA) is 0 Å². The van der Waals surface area contributed by atoms with E-state index in [9.17, 15) is 0 Å². The summed E-state index contributed by atoms with van der Waals surface area (Å²) in [5.74, 6) is 0. The SMILES string of the molecule is Clc1[c-]cccc1Cl.[Ru+2]. The van der Waals surface area contributed by atoms with Crippen LogP contribution in [0.1, 0.15) is 0 Å². The van der Waals surface area contributed by atoms with Gasteiger partial charge in [0.2, 0.25) is 0 Å². The average Bonchev–Trinajstić information content (AvgIpc) is 1.77. The quantitative estimate of drug-likeness (QED) is 0.488. The van der Waals surface area contributed by atoms with Crippen molar-refractivity contribution in [1.29, 1.82) is 0 Å². The summed E-state index contributed by atoms with van der Waals surface area (Å²) in [7, 11) is 0. The normalized spacial score (nSPS) is 8.22. The van der Waals surface area contributed by atoms with Crippen LogP contribution < -0.4 is 0 Å². The van der Waals surface area contributed by atoms with Crippen LogP contribution in [0.4, 0.5) is 0 Å². The molecule has 0 aliphatic carbocycles. The minimum Gasteiger partial charge on any atom is -0.175 e. The van der Waals surface area contributed by atoms with Gasteiger partial charge < -0.3 is 0 Å². The first-order chi connectivity index (χ1) is 3.80. The molecule has 0 radical (unpaired) electrons. The van der Waals surface area contributed by atoms with Crippen LogP contribution in [0, 0.1) is 6.07 Å². The molecule has 3 heteroatoms. The maximum Gasteiger partial charge on any atom is 2.00 e. The number of hydrogen-bond donors (Lipinski definition) is 0. The van der Waals surface area contributed by atoms with Crippen molar-refractivity contribution in [3.8, 4) is 0 Å². The number of halogens is 2. The van der Waals surface area contributed by atoms with Crippen molar-refractivity contribution in [2.45, 2.75) is 0 Å². The molecule has 0 spiro atoms. The molecule has 0 fully saturated rings. The van der Waals surface area contributed by atoms with Crippen LogP contribution in [-0.2, 0) is 19.5 Å². The van der Waals surface area contributed by atoms with Gasteiger partial charge in [0.25, 0.3) is 0 Å². The van der Waals surface area contributed by atoms with Gasteiger partial charge in [-0.05, 0) is 0 Å². The molecular weight excluding hydrogens is 244 g/mol. The Kier molecular flexibility index (Phi) is 4.47. The third kappa shape index (κ3) is 2.66. The molecule has 9 heavy (non-hydrogen) atoms. The Balaban J connectivity index is 0.000000640. The largest absolute Gasteiger partial charge is 2.00 e. The zero-order valence-electron chi connectivity index (χ0n) is 4.34. The van der Waals surface area contributed by atoms with Crippen molar-refractivity contribution in [2.24, 2.45) is 0 Å². The van der Waals surface area contributed by atoms with Gasteiger partial charge in [0.15, 0.2) is 0 Å². The predicted octanol–water partition coefficient (Wildman–Crippen LogP) is 2.79. The van der Waals surface area contributed by atoms with E-state index < -0.39 is 0 Å². The standard InChI is InChI=1S/C6H3Cl2.Ru/c7-5-3-1-2-4-6(5)8;/h1-3H;/q-1;+2. The van der Waals surface area contributed by atoms with E-state index >= 15 is 0 Å². The van der Waals surface area contributed by atoms with Crippen molar-refractivity contribution in [3.63, 3.8) is 0 Å². The molecule has 0 heterocycles. The molecule has 0 aromatic heterocycles. The van der Waals surface area contributed by atoms with Gasteiger partial charge in [-0.3, -0.25) is 0 Å². The monoisotopic (exact) mass is 247 g/mol. The molecule has 1 aromatic rings. The molecule has 0 saturated carbocycles. The molecule has 0 nitrogen and oxygen atoms in total. The minimum absolute atomic E-state index is 0. The number of hydrogen-bond acceptors (Lipinski definition) is 0. The van der Waals surface area contributed by atoms with E-state index in [2.05, 4.69) is 6.07 Å². The molecule has 0 bridgehead atoms. The summed E-state index contributed by atoms with van der Waals surface area (Å²) in [5, 5.41) is 1.03. The summed E-state index contributed by atoms with van der Waals surface area (Å²) in [4.78, 5) is 0. The van der Waals surface area contributed by atoms with E-state index in [-0.39, 0.29) is 19.5 Å². The molecule has 0 aliphatic heterocycles. The van der Waals surface area contributed by atoms with Crippen LogP contribution in [0.25, 0.3) is 0 Å². The summed E-state index contributed by atoms with van der Waals surface area (Å²) < 4.78 is 0. The first-order valence-corrected chi connectivity index (χ1v) is 2.88. The summed E-state index contributed by atoms with van der Waals surface area (Å²) >= 11 is 11.1. The Morgan fingerprint density at radius 3 is 2.33 bits per heavy atom. The number of rotatable bonds is 0. The average molecular weight is 247 g/mol. The van der Waals surface area contributed by atoms with Gasteiger partial charge in [-0.2, -0.15) is 35.9 Å². The van der Waals surface area contributed by atoms with Crippen molar-refractivity contribution in [2.75, 3.05) is 0 Å². The van der Waals surface area contributed by atoms with Crippen molar-refractivity contribution < 1.29 is 19.5 Å². The van der Waals surface area contributed by atoms with Gasteiger partial charge in [0.05, 0.1) is 0 Å². The zero-order valence-corrected chi connectivity index (χ0v) is 7.59. The van der Waals surface area contributed by atoms with E-state index in [1.807, 2.05) is 0 Å². The Bertz CT molecular complexity index is 167. The second-order valence-corrected chi connectivity index (χ2v) is 2.12. The summed E-state index contributed by atoms with van der Waals surface area (Å²) in [6.07, 6.45) is 0. The Labute approximate surface area is 76.9 Å². The fraction of sp³-hybridized carbons (Fsp3) is 0. The zero-order chi connectivity index (χ0) is 5.98. The summed E-state index contributed by atoms with van der Waals surface area (Å²) in [6.45, 7) is 0. The smallest absolute Gasteiger partial charge is 0.175 e. The van der Waals surface area contributed by atoms with E-state index in [1.165, 1.54) is 0 Å². The Morgan fingerprint density at radius 1 is 1.33 bits per heavy atom. The fourth-order valence-electron chi connectivity index (χ4n) is 0.396. The van der Waals surface area contributed by atoms with Gasteiger partial charge in [-0.25, -0.2) is 0 Å². The Hall–Kier alpha value is 0.423. The fourth-order valence-corrected chi connectivity index (χ4v) is 0.649. The first-order valence-electron chi connectivity index (χ1n) is 2.12. The third-order valence-electron chi connectivity index (χ3n) is 0.759. The molecule has 0 saturated heterocycles. The first kappa shape index (κ1) is 9.42. The summed E-state index contributed by atoms with van der Waals surface area (Å²) in [6, 6.07) is 7.96. The van der Waals surface area contributed by atoms with Gasteiger partial charge in [-0.15, -0.1) is 11.6 Å². The molecule has 0 unspecified atom stereocenters. The molecular formula is C6H3Cl2Ru+. The van der Waals surface area contributed by atoms with Crippen LogP contribution in [0.2, 0.25) is 10.0 Å². The van der Waals surface area contributed by atoms with Gasteiger partial charge in [0, 0.05) is 0 Å². The molecule has 0 aliphatic rings. The maximum atomic E-state index is 5.55. The van der Waals surface area contributed by atoms with Gasteiger partial charge in [-0.1, -0.05) is 10.0 Å². The van der Waals surface area contributed by atoms with Crippen LogP contribution in [0.3, 0.4) is 0 Å². The van der Waals surface area contributed by atoms with Crippen molar-refractivity contribution >= 4 is 23.2 Å². The molecule has 1 aromatic carbocycles. The van der Waals surface area contributed by atoms with Crippen LogP contribution >= 0.6 is 23.2 Å². The third-order valence-corrected chi connectivity index (χ3v) is 1.48. The van der Waals surface area contributed by atoms with Crippen LogP contribution in [-0.4, -0.2) is 0 Å². The van der Waals surface area contributed by atoms with Crippen molar-refractivity contribution in [3.05, 3.63) is 34.3 Å². The van der Waals surface area contributed by atoms with Gasteiger partial charge >= 0.3 is 19.5 Å². The molecule has 0 atom stereocenters. The Morgan fingerprint density at radius 2 is 2.00 bits per heavy atom. The molecule has 48 valence electrons. The van der Waals surface area contributed by atoms with E-state index in [0.717, 1.165) is 0 Å². The molecule has 1 rings (SSSR count). The van der Waals surface area contributed by atoms with Gasteiger partial charge in [0.1, 0.15) is 0 Å². The molecule has 0 N–H and O–H groups in total. The van der Waals surface area contributed by atoms with E-state index in [1.54, 1.807) is 18.2 Å². The molecule has 0 amide bonds. The van der Waals surface area contributed by atoms with Crippen molar-refractivity contribution in [1.82, 2.24) is 0 Å². The number of benzene rings is 1. The second kappa shape index (κ2) is 4.27. The van der Waals surface area contributed by atoms with E-state index in [4.69, 9.17) is 23.2 Å².